The van der Waals surface area contributed by atoms with E-state index in [1.54, 1.807) is 0 Å². The van der Waals surface area contributed by atoms with E-state index in [-0.39, 0.29) is 0 Å². The Hall–Kier alpha value is -1.76. The molecular formula is C8H8O4. The highest BCUT2D eigenvalue weighted by atomic mass is 16.5. The molecule has 0 saturated heterocycles. The van der Waals surface area contributed by atoms with E-state index in [0.29, 0.717) is 0 Å². The van der Waals surface area contributed by atoms with Gasteiger partial charge in [0, 0.05) is 12.0 Å². The lowest BCUT2D eigenvalue weighted by Gasteiger charge is -1.85. The van der Waals surface area contributed by atoms with Crippen molar-refractivity contribution in [1.29, 1.82) is 0 Å². The van der Waals surface area contributed by atoms with Crippen molar-refractivity contribution in [2.24, 2.45) is 0 Å². The molecule has 0 atom stereocenters. The van der Waals surface area contributed by atoms with E-state index in [1.807, 2.05) is 0 Å². The first-order valence-corrected chi connectivity index (χ1v) is 3.04. The van der Waals surface area contributed by atoms with Crippen LogP contribution in [0.5, 0.6) is 0 Å². The zero-order valence-corrected chi connectivity index (χ0v) is 6.79. The number of hydrogen-bond acceptors (Lipinski definition) is 4. The molecule has 0 bridgehead atoms. The number of carbonyl (C=O) groups excluding carboxylic acids is 2. The maximum Gasteiger partial charge on any atom is 0.384 e. The van der Waals surface area contributed by atoms with E-state index in [0.717, 1.165) is 6.08 Å². The van der Waals surface area contributed by atoms with Gasteiger partial charge in [-0.15, -0.1) is 0 Å². The van der Waals surface area contributed by atoms with Crippen molar-refractivity contribution in [2.45, 2.75) is 0 Å². The van der Waals surface area contributed by atoms with E-state index in [9.17, 15) is 9.59 Å². The third kappa shape index (κ3) is 5.06. The Morgan fingerprint density at radius 1 is 1.25 bits per heavy atom. The van der Waals surface area contributed by atoms with Gasteiger partial charge in [0.25, 0.3) is 0 Å². The lowest BCUT2D eigenvalue weighted by atomic mass is 10.5. The summed E-state index contributed by atoms with van der Waals surface area (Å²) in [5.74, 6) is 3.23. The van der Waals surface area contributed by atoms with E-state index in [4.69, 9.17) is 0 Å². The fraction of sp³-hybridized carbons (Fsp3) is 0.250. The van der Waals surface area contributed by atoms with Crippen LogP contribution in [0.4, 0.5) is 0 Å². The van der Waals surface area contributed by atoms with E-state index < -0.39 is 11.9 Å². The first-order chi connectivity index (χ1) is 5.70. The quantitative estimate of drug-likeness (QED) is 0.237. The zero-order valence-electron chi connectivity index (χ0n) is 6.79. The van der Waals surface area contributed by atoms with E-state index >= 15 is 0 Å². The van der Waals surface area contributed by atoms with Crippen LogP contribution < -0.4 is 0 Å². The topological polar surface area (TPSA) is 52.6 Å². The molecule has 0 fully saturated rings. The van der Waals surface area contributed by atoms with Gasteiger partial charge in [-0.05, 0) is 6.08 Å². The van der Waals surface area contributed by atoms with Crippen LogP contribution in [0.2, 0.25) is 0 Å². The Labute approximate surface area is 70.2 Å². The summed E-state index contributed by atoms with van der Waals surface area (Å²) >= 11 is 0. The second-order valence-electron chi connectivity index (χ2n) is 1.62. The van der Waals surface area contributed by atoms with Crippen molar-refractivity contribution in [3.8, 4) is 11.8 Å². The molecule has 0 spiro atoms. The van der Waals surface area contributed by atoms with Crippen molar-refractivity contribution in [1.82, 2.24) is 0 Å². The molecule has 0 saturated carbocycles. The second kappa shape index (κ2) is 5.98. The van der Waals surface area contributed by atoms with Gasteiger partial charge in [0.05, 0.1) is 14.2 Å². The fourth-order valence-electron chi connectivity index (χ4n) is 0.329. The molecule has 4 heteroatoms. The van der Waals surface area contributed by atoms with Crippen LogP contribution in [0, 0.1) is 11.8 Å². The van der Waals surface area contributed by atoms with Crippen LogP contribution in [0.25, 0.3) is 0 Å². The fourth-order valence-corrected chi connectivity index (χ4v) is 0.329. The Morgan fingerprint density at radius 3 is 2.42 bits per heavy atom. The maximum atomic E-state index is 10.4. The molecule has 64 valence electrons. The Morgan fingerprint density at radius 2 is 1.92 bits per heavy atom. The van der Waals surface area contributed by atoms with Crippen molar-refractivity contribution in [3.63, 3.8) is 0 Å². The zero-order chi connectivity index (χ0) is 9.40. The summed E-state index contributed by atoms with van der Waals surface area (Å²) in [5.41, 5.74) is 0. The summed E-state index contributed by atoms with van der Waals surface area (Å²) in [6.07, 6.45) is 2.32. The van der Waals surface area contributed by atoms with Crippen molar-refractivity contribution >= 4 is 11.9 Å². The standard InChI is InChI=1S/C8H8O4/c1-11-7(9)5-3-4-6-8(10)12-2/h3,5H,1-2H3. The molecule has 0 rings (SSSR count). The predicted octanol–water partition coefficient (Wildman–Crippen LogP) is -0.108. The summed E-state index contributed by atoms with van der Waals surface area (Å²) in [7, 11) is 2.47. The van der Waals surface area contributed by atoms with Crippen molar-refractivity contribution in [2.75, 3.05) is 14.2 Å². The van der Waals surface area contributed by atoms with Crippen LogP contribution in [-0.2, 0) is 19.1 Å². The number of methoxy groups -OCH3 is 2. The molecule has 0 aliphatic carbocycles. The lowest BCUT2D eigenvalue weighted by Crippen LogP contribution is -1.94. The number of allylic oxidation sites excluding steroid dienone is 1. The molecular weight excluding hydrogens is 160 g/mol. The van der Waals surface area contributed by atoms with Gasteiger partial charge >= 0.3 is 11.9 Å². The van der Waals surface area contributed by atoms with E-state index in [1.165, 1.54) is 20.3 Å². The van der Waals surface area contributed by atoms with Gasteiger partial charge in [-0.1, -0.05) is 5.92 Å². The average Bonchev–Trinajstić information content (AvgIpc) is 2.11. The molecule has 0 heterocycles. The highest BCUT2D eigenvalue weighted by Gasteiger charge is 1.88. The van der Waals surface area contributed by atoms with Crippen LogP contribution >= 0.6 is 0 Å². The van der Waals surface area contributed by atoms with Crippen molar-refractivity contribution < 1.29 is 19.1 Å². The molecule has 0 aliphatic heterocycles. The largest absolute Gasteiger partial charge is 0.466 e. The number of carbonyl (C=O) groups is 2. The number of ether oxygens (including phenoxy) is 2. The third-order valence-corrected chi connectivity index (χ3v) is 0.864. The van der Waals surface area contributed by atoms with Gasteiger partial charge in [-0.2, -0.15) is 0 Å². The summed E-state index contributed by atoms with van der Waals surface area (Å²) in [4.78, 5) is 20.8. The van der Waals surface area contributed by atoms with Crippen LogP contribution in [0.15, 0.2) is 12.2 Å². The van der Waals surface area contributed by atoms with E-state index in [2.05, 4.69) is 21.3 Å². The SMILES string of the molecule is COC(=O)C#CC=CC(=O)OC. The smallest absolute Gasteiger partial charge is 0.384 e. The highest BCUT2D eigenvalue weighted by molar-refractivity contribution is 5.89. The second-order valence-corrected chi connectivity index (χ2v) is 1.62. The molecule has 0 aromatic rings. The normalized spacial score (nSPS) is 8.50. The lowest BCUT2D eigenvalue weighted by molar-refractivity contribution is -0.135. The summed E-state index contributed by atoms with van der Waals surface area (Å²) in [6, 6.07) is 0. The molecule has 0 aliphatic rings. The first-order valence-electron chi connectivity index (χ1n) is 3.04. The molecule has 0 N–H and O–H groups in total. The van der Waals surface area contributed by atoms with Gasteiger partial charge in [0.15, 0.2) is 0 Å². The summed E-state index contributed by atoms with van der Waals surface area (Å²) in [5, 5.41) is 0. The predicted molar refractivity (Wildman–Crippen MR) is 40.9 cm³/mol. The Balaban J connectivity index is 3.93. The van der Waals surface area contributed by atoms with Crippen molar-refractivity contribution in [3.05, 3.63) is 12.2 Å². The molecule has 0 unspecified atom stereocenters. The molecule has 0 aromatic heterocycles. The number of esters is 2. The van der Waals surface area contributed by atoms with Gasteiger partial charge in [0.2, 0.25) is 0 Å². The molecule has 0 amide bonds. The number of rotatable bonds is 1. The minimum absolute atomic E-state index is 0.519. The van der Waals surface area contributed by atoms with Crippen LogP contribution in [0.3, 0.4) is 0 Å². The van der Waals surface area contributed by atoms with Gasteiger partial charge in [-0.3, -0.25) is 0 Å². The Bertz CT molecular complexity index is 254. The number of hydrogen-bond donors (Lipinski definition) is 0. The summed E-state index contributed by atoms with van der Waals surface area (Å²) < 4.78 is 8.49. The molecule has 4 nitrogen and oxygen atoms in total. The molecule has 0 aromatic carbocycles. The van der Waals surface area contributed by atoms with Crippen LogP contribution in [-0.4, -0.2) is 26.2 Å². The average molecular weight is 168 g/mol. The van der Waals surface area contributed by atoms with Gasteiger partial charge < -0.3 is 9.47 Å². The van der Waals surface area contributed by atoms with Crippen LogP contribution in [0.1, 0.15) is 0 Å². The molecule has 0 radical (unpaired) electrons. The summed E-state index contributed by atoms with van der Waals surface area (Å²) in [6.45, 7) is 0. The highest BCUT2D eigenvalue weighted by Crippen LogP contribution is 1.76. The minimum Gasteiger partial charge on any atom is -0.466 e. The monoisotopic (exact) mass is 168 g/mol. The van der Waals surface area contributed by atoms with Gasteiger partial charge in [0.1, 0.15) is 0 Å². The Kier molecular flexibility index (Phi) is 5.11. The molecule has 12 heavy (non-hydrogen) atoms. The maximum absolute atomic E-state index is 10.4. The minimum atomic E-state index is -0.649. The van der Waals surface area contributed by atoms with Gasteiger partial charge in [-0.25, -0.2) is 9.59 Å². The first kappa shape index (κ1) is 10.2. The third-order valence-electron chi connectivity index (χ3n) is 0.864.